The zero-order chi connectivity index (χ0) is 29.7. The minimum atomic E-state index is -0.451. The van der Waals surface area contributed by atoms with Gasteiger partial charge in [-0.15, -0.1) is 0 Å². The summed E-state index contributed by atoms with van der Waals surface area (Å²) in [6.07, 6.45) is 5.74. The highest BCUT2D eigenvalue weighted by Crippen LogP contribution is 2.28. The number of likely N-dealkylation sites (tertiary alicyclic amines) is 1. The third kappa shape index (κ3) is 9.35. The van der Waals surface area contributed by atoms with E-state index in [4.69, 9.17) is 4.74 Å². The minimum Gasteiger partial charge on any atom is -0.441 e. The van der Waals surface area contributed by atoms with Crippen LogP contribution in [0.15, 0.2) is 48.5 Å². The molecule has 2 unspecified atom stereocenters. The van der Waals surface area contributed by atoms with Crippen LogP contribution in [0, 0.1) is 11.8 Å². The number of aliphatic hydroxyl groups is 1. The predicted octanol–water partition coefficient (Wildman–Crippen LogP) is 4.63. The lowest BCUT2D eigenvalue weighted by molar-refractivity contribution is -0.132. The molecule has 42 heavy (non-hydrogen) atoms. The lowest BCUT2D eigenvalue weighted by Crippen LogP contribution is -2.34. The second-order valence-corrected chi connectivity index (χ2v) is 11.3. The maximum Gasteiger partial charge on any atom is 0.407 e. The highest BCUT2D eigenvalue weighted by molar-refractivity contribution is 5.77. The number of carbonyl (C=O) groups is 3. The molecule has 0 radical (unpaired) electrons. The van der Waals surface area contributed by atoms with Gasteiger partial charge in [-0.1, -0.05) is 61.1 Å². The van der Waals surface area contributed by atoms with Crippen LogP contribution in [0.1, 0.15) is 93.1 Å². The van der Waals surface area contributed by atoms with E-state index in [1.807, 2.05) is 55.5 Å². The second kappa shape index (κ2) is 16.0. The van der Waals surface area contributed by atoms with Gasteiger partial charge in [0.1, 0.15) is 6.10 Å². The molecule has 2 aromatic rings. The van der Waals surface area contributed by atoms with Crippen molar-refractivity contribution < 1.29 is 24.2 Å². The first kappa shape index (κ1) is 31.1. The van der Waals surface area contributed by atoms with Gasteiger partial charge in [-0.3, -0.25) is 9.59 Å². The Morgan fingerprint density at radius 2 is 1.55 bits per heavy atom. The van der Waals surface area contributed by atoms with E-state index in [0.29, 0.717) is 45.3 Å². The molecule has 1 aliphatic carbocycles. The molecule has 2 aromatic carbocycles. The molecule has 0 spiro atoms. The van der Waals surface area contributed by atoms with E-state index in [-0.39, 0.29) is 17.9 Å². The second-order valence-electron chi connectivity index (χ2n) is 11.3. The number of hydrogen-bond acceptors (Lipinski definition) is 5. The fraction of sp³-hybridized carbons (Fsp3) is 0.500. The Bertz CT molecular complexity index is 1280. The van der Waals surface area contributed by atoms with Gasteiger partial charge < -0.3 is 25.4 Å². The SMILES string of the molecule is C[C@@H]1CC(O)CN1C(=O)CCCCCNC(=O)CCCCCNC(=O)OC1Cc2ccccc2C#Cc2ccccc21. The smallest absolute Gasteiger partial charge is 0.407 e. The van der Waals surface area contributed by atoms with Gasteiger partial charge in [0.05, 0.1) is 6.10 Å². The number of ether oxygens (including phenoxy) is 1. The first-order valence-electron chi connectivity index (χ1n) is 15.3. The summed E-state index contributed by atoms with van der Waals surface area (Å²) in [6.45, 7) is 3.51. The van der Waals surface area contributed by atoms with Crippen LogP contribution in [0.25, 0.3) is 0 Å². The van der Waals surface area contributed by atoms with Crippen molar-refractivity contribution in [2.45, 2.75) is 89.4 Å². The van der Waals surface area contributed by atoms with E-state index >= 15 is 0 Å². The number of hydrogen-bond donors (Lipinski definition) is 3. The highest BCUT2D eigenvalue weighted by atomic mass is 16.6. The predicted molar refractivity (Wildman–Crippen MR) is 162 cm³/mol. The number of amides is 3. The standard InChI is InChI=1S/C34H43N3O5/c1-25-22-29(38)24-37(25)33(40)17-5-3-10-20-35-32(39)16-4-2-11-21-36-34(41)42-31-23-28-14-7-6-12-26(28)18-19-27-13-8-9-15-30(27)31/h6-9,12-15,25,29,31,38H,2-5,10-11,16-17,20-24H2,1H3,(H,35,39)(H,36,41)/t25-,29?,31?/m1/s1. The van der Waals surface area contributed by atoms with Gasteiger partial charge in [0, 0.05) is 61.6 Å². The molecule has 1 saturated heterocycles. The van der Waals surface area contributed by atoms with E-state index in [1.165, 1.54) is 0 Å². The molecule has 1 heterocycles. The topological polar surface area (TPSA) is 108 Å². The number of unbranched alkanes of at least 4 members (excludes halogenated alkanes) is 4. The van der Waals surface area contributed by atoms with E-state index in [9.17, 15) is 19.5 Å². The summed E-state index contributed by atoms with van der Waals surface area (Å²) in [6, 6.07) is 15.8. The molecule has 0 aromatic heterocycles. The quantitative estimate of drug-likeness (QED) is 0.239. The van der Waals surface area contributed by atoms with Crippen molar-refractivity contribution in [3.05, 3.63) is 70.8 Å². The average Bonchev–Trinajstić information content (AvgIpc) is 3.32. The molecule has 3 atom stereocenters. The molecule has 3 amide bonds. The summed E-state index contributed by atoms with van der Waals surface area (Å²) >= 11 is 0. The Hall–Kier alpha value is -3.83. The Balaban J connectivity index is 1.05. The number of nitrogens with one attached hydrogen (secondary N) is 2. The van der Waals surface area contributed by atoms with Crippen LogP contribution in [-0.4, -0.2) is 59.7 Å². The third-order valence-electron chi connectivity index (χ3n) is 7.92. The van der Waals surface area contributed by atoms with Crippen LogP contribution in [-0.2, 0) is 20.7 Å². The van der Waals surface area contributed by atoms with Crippen molar-refractivity contribution in [3.63, 3.8) is 0 Å². The van der Waals surface area contributed by atoms with Crippen molar-refractivity contribution >= 4 is 17.9 Å². The number of β-amino-alcohol motifs (C(OH)–C–C–N with tert-alkyl or cyclic N) is 1. The average molecular weight is 574 g/mol. The Morgan fingerprint density at radius 3 is 2.31 bits per heavy atom. The van der Waals surface area contributed by atoms with Crippen LogP contribution in [0.4, 0.5) is 4.79 Å². The maximum atomic E-state index is 12.6. The van der Waals surface area contributed by atoms with E-state index in [1.54, 1.807) is 4.90 Å². The van der Waals surface area contributed by atoms with Crippen LogP contribution < -0.4 is 10.6 Å². The Labute approximate surface area is 249 Å². The summed E-state index contributed by atoms with van der Waals surface area (Å²) in [4.78, 5) is 38.8. The number of aliphatic hydroxyl groups excluding tert-OH is 1. The van der Waals surface area contributed by atoms with E-state index in [0.717, 1.165) is 60.8 Å². The first-order valence-corrected chi connectivity index (χ1v) is 15.3. The molecule has 3 N–H and O–H groups in total. The van der Waals surface area contributed by atoms with E-state index < -0.39 is 18.3 Å². The van der Waals surface area contributed by atoms with Crippen molar-refractivity contribution in [3.8, 4) is 11.8 Å². The Kier molecular flexibility index (Phi) is 11.8. The lowest BCUT2D eigenvalue weighted by Gasteiger charge is -2.22. The van der Waals surface area contributed by atoms with Crippen molar-refractivity contribution in [1.82, 2.24) is 15.5 Å². The van der Waals surface area contributed by atoms with Gasteiger partial charge in [-0.25, -0.2) is 4.79 Å². The van der Waals surface area contributed by atoms with Gasteiger partial charge >= 0.3 is 6.09 Å². The number of nitrogens with zero attached hydrogens (tertiary/aromatic N) is 1. The minimum absolute atomic E-state index is 0.0321. The van der Waals surface area contributed by atoms with Gasteiger partial charge in [0.15, 0.2) is 0 Å². The molecular weight excluding hydrogens is 530 g/mol. The molecule has 8 nitrogen and oxygen atoms in total. The van der Waals surface area contributed by atoms with Crippen molar-refractivity contribution in [1.29, 1.82) is 0 Å². The zero-order valence-corrected chi connectivity index (χ0v) is 24.6. The number of alkyl carbamates (subject to hydrolysis) is 1. The molecular formula is C34H43N3O5. The Morgan fingerprint density at radius 1 is 0.881 bits per heavy atom. The lowest BCUT2D eigenvalue weighted by atomic mass is 9.92. The summed E-state index contributed by atoms with van der Waals surface area (Å²) in [7, 11) is 0. The number of carbonyl (C=O) groups excluding carboxylic acids is 3. The van der Waals surface area contributed by atoms with Crippen LogP contribution >= 0.6 is 0 Å². The molecule has 0 bridgehead atoms. The summed E-state index contributed by atoms with van der Waals surface area (Å²) in [5, 5.41) is 15.5. The number of fused-ring (bicyclic) bond motifs is 2. The molecule has 4 rings (SSSR count). The monoisotopic (exact) mass is 573 g/mol. The molecule has 0 saturated carbocycles. The number of benzene rings is 2. The van der Waals surface area contributed by atoms with Gasteiger partial charge in [-0.05, 0) is 56.7 Å². The molecule has 1 fully saturated rings. The molecule has 1 aliphatic heterocycles. The molecule has 8 heteroatoms. The van der Waals surface area contributed by atoms with Crippen molar-refractivity contribution in [2.24, 2.45) is 0 Å². The van der Waals surface area contributed by atoms with Crippen LogP contribution in [0.5, 0.6) is 0 Å². The summed E-state index contributed by atoms with van der Waals surface area (Å²) in [5.41, 5.74) is 3.78. The first-order chi connectivity index (χ1) is 20.4. The largest absolute Gasteiger partial charge is 0.441 e. The zero-order valence-electron chi connectivity index (χ0n) is 24.6. The molecule has 2 aliphatic rings. The van der Waals surface area contributed by atoms with Crippen molar-refractivity contribution in [2.75, 3.05) is 19.6 Å². The summed E-state index contributed by atoms with van der Waals surface area (Å²) in [5.74, 6) is 6.60. The fourth-order valence-electron chi connectivity index (χ4n) is 5.60. The third-order valence-corrected chi connectivity index (χ3v) is 7.92. The number of rotatable bonds is 13. The molecule has 224 valence electrons. The van der Waals surface area contributed by atoms with Crippen LogP contribution in [0.2, 0.25) is 0 Å². The van der Waals surface area contributed by atoms with Gasteiger partial charge in [-0.2, -0.15) is 0 Å². The van der Waals surface area contributed by atoms with Crippen LogP contribution in [0.3, 0.4) is 0 Å². The summed E-state index contributed by atoms with van der Waals surface area (Å²) < 4.78 is 5.86. The van der Waals surface area contributed by atoms with Gasteiger partial charge in [0.25, 0.3) is 0 Å². The highest BCUT2D eigenvalue weighted by Gasteiger charge is 2.30. The van der Waals surface area contributed by atoms with E-state index in [2.05, 4.69) is 22.5 Å². The maximum absolute atomic E-state index is 12.6. The fourth-order valence-corrected chi connectivity index (χ4v) is 5.60. The van der Waals surface area contributed by atoms with Gasteiger partial charge in [0.2, 0.25) is 11.8 Å². The normalized spacial score (nSPS) is 18.9.